The van der Waals surface area contributed by atoms with Crippen molar-refractivity contribution in [3.63, 3.8) is 0 Å². The van der Waals surface area contributed by atoms with Crippen LogP contribution in [0.25, 0.3) is 21.9 Å². The molecular formula is C29H27N7O2. The van der Waals surface area contributed by atoms with Crippen molar-refractivity contribution < 1.29 is 4.79 Å². The maximum absolute atomic E-state index is 13.3. The number of rotatable bonds is 3. The Hall–Kier alpha value is -4.53. The summed E-state index contributed by atoms with van der Waals surface area (Å²) in [4.78, 5) is 46.7. The summed E-state index contributed by atoms with van der Waals surface area (Å²) in [7, 11) is 0. The number of benzene rings is 2. The predicted octanol–water partition coefficient (Wildman–Crippen LogP) is 3.71. The number of aromatic amines is 1. The number of hydrogen-bond acceptors (Lipinski definition) is 6. The molecule has 0 saturated carbocycles. The molecule has 2 aliphatic rings. The van der Waals surface area contributed by atoms with Crippen molar-refractivity contribution in [3.05, 3.63) is 94.4 Å². The molecule has 0 aliphatic carbocycles. The summed E-state index contributed by atoms with van der Waals surface area (Å²) in [6.45, 7) is 2.74. The third-order valence-electron chi connectivity index (χ3n) is 7.91. The Morgan fingerprint density at radius 1 is 0.921 bits per heavy atom. The van der Waals surface area contributed by atoms with E-state index in [0.717, 1.165) is 60.1 Å². The van der Waals surface area contributed by atoms with Gasteiger partial charge >= 0.3 is 5.69 Å². The van der Waals surface area contributed by atoms with Gasteiger partial charge in [-0.2, -0.15) is 0 Å². The topological polar surface area (TPSA) is 100 Å². The van der Waals surface area contributed by atoms with Crippen LogP contribution in [0.4, 0.5) is 5.82 Å². The van der Waals surface area contributed by atoms with Gasteiger partial charge in [-0.05, 0) is 36.5 Å². The third kappa shape index (κ3) is 3.82. The van der Waals surface area contributed by atoms with Crippen molar-refractivity contribution in [1.29, 1.82) is 0 Å². The number of carbonyl (C=O) groups excluding carboxylic acids is 1. The van der Waals surface area contributed by atoms with Crippen LogP contribution in [-0.2, 0) is 13.0 Å². The fourth-order valence-corrected chi connectivity index (χ4v) is 5.91. The number of H-pyrrole nitrogens is 1. The van der Waals surface area contributed by atoms with E-state index in [1.807, 2.05) is 45.9 Å². The number of anilines is 1. The van der Waals surface area contributed by atoms with Gasteiger partial charge in [0.1, 0.15) is 17.8 Å². The number of nitrogens with zero attached hydrogens (tertiary/aromatic N) is 6. The van der Waals surface area contributed by atoms with Crippen LogP contribution in [0.3, 0.4) is 0 Å². The van der Waals surface area contributed by atoms with E-state index in [4.69, 9.17) is 0 Å². The SMILES string of the molecule is O=C(c1cc(N2CCC(n3c(=O)[nH]c4c5ccccc5ncc43)CC2)ncn1)N1CCc2ccccc2C1. The molecule has 2 aliphatic heterocycles. The van der Waals surface area contributed by atoms with Crippen LogP contribution < -0.4 is 10.6 Å². The molecule has 5 heterocycles. The van der Waals surface area contributed by atoms with Gasteiger partial charge in [0, 0.05) is 43.7 Å². The van der Waals surface area contributed by atoms with Gasteiger partial charge in [-0.1, -0.05) is 42.5 Å². The monoisotopic (exact) mass is 505 g/mol. The molecule has 9 heteroatoms. The van der Waals surface area contributed by atoms with Gasteiger partial charge in [0.25, 0.3) is 5.91 Å². The summed E-state index contributed by atoms with van der Waals surface area (Å²) in [5.74, 6) is 0.682. The number of amides is 1. The molecule has 0 bridgehead atoms. The molecule has 1 amide bonds. The van der Waals surface area contributed by atoms with Crippen LogP contribution in [0.1, 0.15) is 40.5 Å². The molecule has 7 rings (SSSR count). The van der Waals surface area contributed by atoms with Crippen LogP contribution in [0, 0.1) is 0 Å². The van der Waals surface area contributed by atoms with Gasteiger partial charge in [-0.15, -0.1) is 0 Å². The summed E-state index contributed by atoms with van der Waals surface area (Å²) in [6, 6.07) is 18.0. The lowest BCUT2D eigenvalue weighted by atomic mass is 10.00. The Morgan fingerprint density at radius 3 is 2.58 bits per heavy atom. The van der Waals surface area contributed by atoms with Crippen LogP contribution >= 0.6 is 0 Å². The minimum Gasteiger partial charge on any atom is -0.356 e. The lowest BCUT2D eigenvalue weighted by Gasteiger charge is -2.33. The average Bonchev–Trinajstić information content (AvgIpc) is 3.33. The van der Waals surface area contributed by atoms with Gasteiger partial charge in [0.2, 0.25) is 0 Å². The Morgan fingerprint density at radius 2 is 1.71 bits per heavy atom. The second-order valence-corrected chi connectivity index (χ2v) is 10.1. The molecule has 190 valence electrons. The number of pyridine rings is 1. The molecule has 1 saturated heterocycles. The number of piperidine rings is 1. The van der Waals surface area contributed by atoms with Gasteiger partial charge < -0.3 is 14.8 Å². The number of hydrogen-bond donors (Lipinski definition) is 1. The van der Waals surface area contributed by atoms with Gasteiger partial charge in [-0.25, -0.2) is 14.8 Å². The molecule has 1 N–H and O–H groups in total. The molecule has 5 aromatic rings. The maximum atomic E-state index is 13.3. The van der Waals surface area contributed by atoms with Crippen LogP contribution in [0.5, 0.6) is 0 Å². The van der Waals surface area contributed by atoms with Crippen molar-refractivity contribution in [2.45, 2.75) is 31.8 Å². The zero-order valence-corrected chi connectivity index (χ0v) is 20.9. The van der Waals surface area contributed by atoms with E-state index in [1.165, 1.54) is 17.5 Å². The summed E-state index contributed by atoms with van der Waals surface area (Å²) in [5.41, 5.74) is 5.36. The van der Waals surface area contributed by atoms with E-state index >= 15 is 0 Å². The number of carbonyl (C=O) groups is 1. The molecule has 0 atom stereocenters. The zero-order valence-electron chi connectivity index (χ0n) is 20.9. The van der Waals surface area contributed by atoms with E-state index in [1.54, 1.807) is 12.3 Å². The number of imidazole rings is 1. The number of fused-ring (bicyclic) bond motifs is 4. The van der Waals surface area contributed by atoms with E-state index in [-0.39, 0.29) is 17.6 Å². The quantitative estimate of drug-likeness (QED) is 0.401. The Kier molecular flexibility index (Phi) is 5.42. The van der Waals surface area contributed by atoms with Crippen molar-refractivity contribution in [2.75, 3.05) is 24.5 Å². The molecule has 0 radical (unpaired) electrons. The first-order valence-corrected chi connectivity index (χ1v) is 13.1. The molecule has 0 spiro atoms. The predicted molar refractivity (Wildman–Crippen MR) is 145 cm³/mol. The minimum absolute atomic E-state index is 0.0619. The number of aromatic nitrogens is 5. The van der Waals surface area contributed by atoms with E-state index < -0.39 is 0 Å². The Labute approximate surface area is 218 Å². The molecule has 0 unspecified atom stereocenters. The van der Waals surface area contributed by atoms with E-state index in [0.29, 0.717) is 18.8 Å². The highest BCUT2D eigenvalue weighted by atomic mass is 16.2. The highest BCUT2D eigenvalue weighted by molar-refractivity contribution is 6.01. The summed E-state index contributed by atoms with van der Waals surface area (Å²) in [6.07, 6.45) is 5.70. The second-order valence-electron chi connectivity index (χ2n) is 10.1. The first-order chi connectivity index (χ1) is 18.7. The van der Waals surface area contributed by atoms with Crippen LogP contribution in [-0.4, -0.2) is 54.9 Å². The van der Waals surface area contributed by atoms with Crippen molar-refractivity contribution in [2.24, 2.45) is 0 Å². The zero-order chi connectivity index (χ0) is 25.6. The third-order valence-corrected chi connectivity index (χ3v) is 7.91. The lowest BCUT2D eigenvalue weighted by Crippen LogP contribution is -2.38. The first kappa shape index (κ1) is 22.7. The largest absolute Gasteiger partial charge is 0.356 e. The van der Waals surface area contributed by atoms with Gasteiger partial charge in [-0.3, -0.25) is 14.3 Å². The number of nitrogens with one attached hydrogen (secondary N) is 1. The normalized spacial score (nSPS) is 16.2. The van der Waals surface area contributed by atoms with Gasteiger partial charge in [0.15, 0.2) is 0 Å². The van der Waals surface area contributed by atoms with Crippen molar-refractivity contribution >= 4 is 33.7 Å². The van der Waals surface area contributed by atoms with Crippen molar-refractivity contribution in [1.82, 2.24) is 29.4 Å². The van der Waals surface area contributed by atoms with E-state index in [2.05, 4.69) is 37.0 Å². The first-order valence-electron chi connectivity index (χ1n) is 13.1. The molecule has 3 aromatic heterocycles. The fourth-order valence-electron chi connectivity index (χ4n) is 5.91. The molecule has 9 nitrogen and oxygen atoms in total. The highest BCUT2D eigenvalue weighted by Crippen LogP contribution is 2.29. The summed E-state index contributed by atoms with van der Waals surface area (Å²) in [5, 5.41) is 0.952. The maximum Gasteiger partial charge on any atom is 0.326 e. The summed E-state index contributed by atoms with van der Waals surface area (Å²) < 4.78 is 1.86. The highest BCUT2D eigenvalue weighted by Gasteiger charge is 2.27. The summed E-state index contributed by atoms with van der Waals surface area (Å²) >= 11 is 0. The minimum atomic E-state index is -0.102. The number of para-hydroxylation sites is 1. The Balaban J connectivity index is 1.08. The fraction of sp³-hybridized carbons (Fsp3) is 0.276. The molecule has 2 aromatic carbocycles. The van der Waals surface area contributed by atoms with Crippen LogP contribution in [0.2, 0.25) is 0 Å². The van der Waals surface area contributed by atoms with Crippen LogP contribution in [0.15, 0.2) is 71.9 Å². The second kappa shape index (κ2) is 9.09. The van der Waals surface area contributed by atoms with Crippen molar-refractivity contribution in [3.8, 4) is 0 Å². The standard InChI is InChI=1S/C29H27N7O2/c37-28(35-12-9-19-5-1-2-6-20(19)17-35)24-15-26(32-18-31-24)34-13-10-21(11-14-34)36-25-16-30-23-8-4-3-7-22(23)27(25)33-29(36)38/h1-8,15-16,18,21H,9-14,17H2,(H,33,38). The van der Waals surface area contributed by atoms with Gasteiger partial charge in [0.05, 0.1) is 22.7 Å². The molecular weight excluding hydrogens is 478 g/mol. The Bertz CT molecular complexity index is 1730. The lowest BCUT2D eigenvalue weighted by molar-refractivity contribution is 0.0728. The smallest absolute Gasteiger partial charge is 0.326 e. The van der Waals surface area contributed by atoms with E-state index in [9.17, 15) is 9.59 Å². The average molecular weight is 506 g/mol. The molecule has 1 fully saturated rings. The molecule has 38 heavy (non-hydrogen) atoms.